The summed E-state index contributed by atoms with van der Waals surface area (Å²) in [4.78, 5) is 22.0. The molecule has 1 aliphatic rings. The maximum Gasteiger partial charge on any atom is 0.269 e. The lowest BCUT2D eigenvalue weighted by Crippen LogP contribution is -2.36. The quantitative estimate of drug-likeness (QED) is 0.646. The molecule has 22 heavy (non-hydrogen) atoms. The van der Waals surface area contributed by atoms with Gasteiger partial charge in [-0.25, -0.2) is 0 Å². The number of nitro benzene ring substituents is 1. The van der Waals surface area contributed by atoms with Gasteiger partial charge in [-0.15, -0.1) is 0 Å². The van der Waals surface area contributed by atoms with Gasteiger partial charge in [0.25, 0.3) is 5.69 Å². The lowest BCUT2D eigenvalue weighted by Gasteiger charge is -2.20. The summed E-state index contributed by atoms with van der Waals surface area (Å²) in [6.45, 7) is 0.279. The highest BCUT2D eigenvalue weighted by Crippen LogP contribution is 2.17. The van der Waals surface area contributed by atoms with E-state index in [1.165, 1.54) is 44.2 Å². The van der Waals surface area contributed by atoms with Crippen LogP contribution in [0.1, 0.15) is 44.9 Å². The molecule has 0 bridgehead atoms. The average molecular weight is 305 g/mol. The number of benzene rings is 1. The Morgan fingerprint density at radius 3 is 2.27 bits per heavy atom. The molecule has 6 heteroatoms. The van der Waals surface area contributed by atoms with Crippen LogP contribution in [0.15, 0.2) is 24.3 Å². The Kier molecular flexibility index (Phi) is 6.33. The largest absolute Gasteiger partial charge is 0.325 e. The minimum absolute atomic E-state index is 0.0191. The van der Waals surface area contributed by atoms with E-state index in [2.05, 4.69) is 10.6 Å². The minimum Gasteiger partial charge on any atom is -0.325 e. The number of carbonyl (C=O) groups is 1. The second-order valence-corrected chi connectivity index (χ2v) is 5.78. The highest BCUT2D eigenvalue weighted by atomic mass is 16.6. The van der Waals surface area contributed by atoms with Crippen molar-refractivity contribution in [2.24, 2.45) is 0 Å². The first kappa shape index (κ1) is 16.4. The first-order chi connectivity index (χ1) is 10.6. The molecule has 0 radical (unpaired) electrons. The molecule has 0 heterocycles. The van der Waals surface area contributed by atoms with E-state index >= 15 is 0 Å². The van der Waals surface area contributed by atoms with Gasteiger partial charge in [-0.1, -0.05) is 32.1 Å². The zero-order valence-electron chi connectivity index (χ0n) is 12.7. The molecule has 1 amide bonds. The lowest BCUT2D eigenvalue weighted by molar-refractivity contribution is -0.384. The van der Waals surface area contributed by atoms with E-state index in [0.29, 0.717) is 11.7 Å². The molecular formula is C16H23N3O3. The molecule has 0 aliphatic heterocycles. The number of nitrogens with zero attached hydrogens (tertiary/aromatic N) is 1. The number of hydrogen-bond donors (Lipinski definition) is 2. The van der Waals surface area contributed by atoms with E-state index < -0.39 is 4.92 Å². The Balaban J connectivity index is 1.75. The molecule has 2 N–H and O–H groups in total. The summed E-state index contributed by atoms with van der Waals surface area (Å²) >= 11 is 0. The Labute approximate surface area is 130 Å². The first-order valence-electron chi connectivity index (χ1n) is 7.93. The molecule has 0 atom stereocenters. The van der Waals surface area contributed by atoms with Crippen LogP contribution < -0.4 is 10.6 Å². The van der Waals surface area contributed by atoms with Crippen LogP contribution in [0.25, 0.3) is 0 Å². The Morgan fingerprint density at radius 2 is 1.68 bits per heavy atom. The molecule has 1 fully saturated rings. The molecule has 1 aromatic rings. The zero-order valence-corrected chi connectivity index (χ0v) is 12.7. The van der Waals surface area contributed by atoms with Crippen molar-refractivity contribution in [1.29, 1.82) is 0 Å². The number of rotatable bonds is 5. The fourth-order valence-corrected chi connectivity index (χ4v) is 2.77. The topological polar surface area (TPSA) is 84.3 Å². The van der Waals surface area contributed by atoms with Crippen LogP contribution in [0.4, 0.5) is 11.4 Å². The van der Waals surface area contributed by atoms with Gasteiger partial charge in [0.15, 0.2) is 0 Å². The maximum absolute atomic E-state index is 11.9. The van der Waals surface area contributed by atoms with Crippen molar-refractivity contribution in [2.75, 3.05) is 11.9 Å². The molecule has 6 nitrogen and oxygen atoms in total. The molecule has 0 aromatic heterocycles. The van der Waals surface area contributed by atoms with Crippen molar-refractivity contribution in [1.82, 2.24) is 5.32 Å². The highest BCUT2D eigenvalue weighted by Gasteiger charge is 2.12. The molecule has 0 saturated heterocycles. The molecule has 1 saturated carbocycles. The zero-order chi connectivity index (χ0) is 15.8. The summed E-state index contributed by atoms with van der Waals surface area (Å²) in [5.74, 6) is -0.115. The van der Waals surface area contributed by atoms with Gasteiger partial charge in [0.2, 0.25) is 5.91 Å². The van der Waals surface area contributed by atoms with Gasteiger partial charge in [-0.2, -0.15) is 0 Å². The van der Waals surface area contributed by atoms with Crippen molar-refractivity contribution >= 4 is 17.3 Å². The van der Waals surface area contributed by atoms with Crippen LogP contribution in [0.2, 0.25) is 0 Å². The van der Waals surface area contributed by atoms with Gasteiger partial charge < -0.3 is 10.6 Å². The van der Waals surface area contributed by atoms with Gasteiger partial charge in [0, 0.05) is 23.9 Å². The normalized spacial score (nSPS) is 16.5. The number of hydrogen-bond acceptors (Lipinski definition) is 4. The number of anilines is 1. The van der Waals surface area contributed by atoms with Crippen LogP contribution in [-0.2, 0) is 4.79 Å². The predicted octanol–water partition coefficient (Wildman–Crippen LogP) is 3.24. The summed E-state index contributed by atoms with van der Waals surface area (Å²) in [6.07, 6.45) is 8.60. The Bertz CT molecular complexity index is 494. The third-order valence-corrected chi connectivity index (χ3v) is 4.02. The molecule has 0 spiro atoms. The number of amides is 1. The van der Waals surface area contributed by atoms with Crippen LogP contribution >= 0.6 is 0 Å². The lowest BCUT2D eigenvalue weighted by atomic mass is 9.97. The Hall–Kier alpha value is -1.95. The molecule has 0 unspecified atom stereocenters. The van der Waals surface area contributed by atoms with Crippen LogP contribution in [-0.4, -0.2) is 23.4 Å². The second kappa shape index (κ2) is 8.48. The van der Waals surface area contributed by atoms with E-state index in [1.54, 1.807) is 12.1 Å². The second-order valence-electron chi connectivity index (χ2n) is 5.78. The number of non-ortho nitro benzene ring substituents is 1. The number of nitrogens with one attached hydrogen (secondary N) is 2. The summed E-state index contributed by atoms with van der Waals surface area (Å²) in [5, 5.41) is 16.6. The molecule has 2 rings (SSSR count). The van der Waals surface area contributed by atoms with E-state index in [-0.39, 0.29) is 18.1 Å². The summed E-state index contributed by atoms with van der Waals surface area (Å²) in [7, 11) is 0. The number of nitro groups is 1. The SMILES string of the molecule is O=C(CNC1CCCCCCC1)Nc1ccc([N+](=O)[O-])cc1. The highest BCUT2D eigenvalue weighted by molar-refractivity contribution is 5.92. The van der Waals surface area contributed by atoms with Crippen molar-refractivity contribution in [3.05, 3.63) is 34.4 Å². The van der Waals surface area contributed by atoms with Crippen LogP contribution in [0, 0.1) is 10.1 Å². The number of carbonyl (C=O) groups excluding carboxylic acids is 1. The maximum atomic E-state index is 11.9. The van der Waals surface area contributed by atoms with Crippen LogP contribution in [0.3, 0.4) is 0 Å². The van der Waals surface area contributed by atoms with Crippen molar-refractivity contribution in [3.63, 3.8) is 0 Å². The molecular weight excluding hydrogens is 282 g/mol. The average Bonchev–Trinajstić information content (AvgIpc) is 2.46. The Morgan fingerprint density at radius 1 is 1.09 bits per heavy atom. The fraction of sp³-hybridized carbons (Fsp3) is 0.562. The minimum atomic E-state index is -0.457. The van der Waals surface area contributed by atoms with Crippen molar-refractivity contribution in [2.45, 2.75) is 51.0 Å². The third-order valence-electron chi connectivity index (χ3n) is 4.02. The van der Waals surface area contributed by atoms with E-state index in [1.807, 2.05) is 0 Å². The fourth-order valence-electron chi connectivity index (χ4n) is 2.77. The van der Waals surface area contributed by atoms with Crippen LogP contribution in [0.5, 0.6) is 0 Å². The van der Waals surface area contributed by atoms with Gasteiger partial charge in [-0.05, 0) is 25.0 Å². The van der Waals surface area contributed by atoms with Gasteiger partial charge in [-0.3, -0.25) is 14.9 Å². The van der Waals surface area contributed by atoms with Gasteiger partial charge in [0.1, 0.15) is 0 Å². The van der Waals surface area contributed by atoms with Gasteiger partial charge in [0.05, 0.1) is 11.5 Å². The molecule has 120 valence electrons. The standard InChI is InChI=1S/C16H23N3O3/c20-16(12-17-13-6-4-2-1-3-5-7-13)18-14-8-10-15(11-9-14)19(21)22/h8-11,13,17H,1-7,12H2,(H,18,20). The summed E-state index contributed by atoms with van der Waals surface area (Å²) in [5.41, 5.74) is 0.598. The van der Waals surface area contributed by atoms with Crippen molar-refractivity contribution < 1.29 is 9.72 Å². The van der Waals surface area contributed by atoms with E-state index in [0.717, 1.165) is 12.8 Å². The van der Waals surface area contributed by atoms with E-state index in [9.17, 15) is 14.9 Å². The molecule has 1 aliphatic carbocycles. The summed E-state index contributed by atoms with van der Waals surface area (Å²) in [6, 6.07) is 6.29. The van der Waals surface area contributed by atoms with Gasteiger partial charge >= 0.3 is 0 Å². The monoisotopic (exact) mass is 305 g/mol. The predicted molar refractivity (Wildman–Crippen MR) is 85.8 cm³/mol. The third kappa shape index (κ3) is 5.44. The molecule has 1 aromatic carbocycles. The first-order valence-corrected chi connectivity index (χ1v) is 7.93. The van der Waals surface area contributed by atoms with E-state index in [4.69, 9.17) is 0 Å². The summed E-state index contributed by atoms with van der Waals surface area (Å²) < 4.78 is 0. The smallest absolute Gasteiger partial charge is 0.269 e. The van der Waals surface area contributed by atoms with Crippen molar-refractivity contribution in [3.8, 4) is 0 Å².